The molecule has 2 aliphatic heterocycles. The number of hydrogen-bond donors (Lipinski definition) is 1. The van der Waals surface area contributed by atoms with Crippen molar-refractivity contribution in [3.63, 3.8) is 0 Å². The van der Waals surface area contributed by atoms with Crippen LogP contribution in [-0.4, -0.2) is 35.6 Å². The Labute approximate surface area is 89.7 Å². The maximum Gasteiger partial charge on any atom is 0.225 e. The van der Waals surface area contributed by atoms with Crippen LogP contribution in [0.3, 0.4) is 0 Å². The van der Waals surface area contributed by atoms with Gasteiger partial charge in [-0.15, -0.1) is 0 Å². The molecule has 4 heteroatoms. The summed E-state index contributed by atoms with van der Waals surface area (Å²) in [5.74, 6) is 2.44. The predicted molar refractivity (Wildman–Crippen MR) is 58.7 cm³/mol. The van der Waals surface area contributed by atoms with Gasteiger partial charge in [-0.1, -0.05) is 0 Å². The van der Waals surface area contributed by atoms with Crippen LogP contribution in [-0.2, 0) is 0 Å². The van der Waals surface area contributed by atoms with Crippen LogP contribution in [0, 0.1) is 11.8 Å². The lowest BCUT2D eigenvalue weighted by Gasteiger charge is -2.23. The molecule has 2 saturated heterocycles. The average Bonchev–Trinajstić information content (AvgIpc) is 2.83. The minimum Gasteiger partial charge on any atom is -0.337 e. The molecule has 3 atom stereocenters. The second-order valence-electron chi connectivity index (χ2n) is 4.52. The van der Waals surface area contributed by atoms with Crippen molar-refractivity contribution < 1.29 is 0 Å². The zero-order chi connectivity index (χ0) is 10.3. The average molecular weight is 204 g/mol. The number of aromatic nitrogens is 2. The van der Waals surface area contributed by atoms with Crippen LogP contribution >= 0.6 is 0 Å². The first-order valence-corrected chi connectivity index (χ1v) is 5.60. The van der Waals surface area contributed by atoms with Crippen molar-refractivity contribution >= 4 is 5.95 Å². The summed E-state index contributed by atoms with van der Waals surface area (Å²) in [6.45, 7) is 5.68. The largest absolute Gasteiger partial charge is 0.337 e. The molecule has 3 heterocycles. The molecule has 1 aromatic heterocycles. The minimum atomic E-state index is 0.562. The highest BCUT2D eigenvalue weighted by Gasteiger charge is 2.42. The molecular weight excluding hydrogens is 188 g/mol. The number of fused-ring (bicyclic) bond motifs is 1. The third kappa shape index (κ3) is 1.40. The first-order chi connectivity index (χ1) is 7.36. The van der Waals surface area contributed by atoms with E-state index in [9.17, 15) is 0 Å². The molecule has 0 aromatic carbocycles. The Kier molecular flexibility index (Phi) is 2.09. The summed E-state index contributed by atoms with van der Waals surface area (Å²) in [4.78, 5) is 11.0. The molecule has 4 nitrogen and oxygen atoms in total. The van der Waals surface area contributed by atoms with Crippen molar-refractivity contribution in [2.75, 3.05) is 24.5 Å². The monoisotopic (exact) mass is 204 g/mol. The Morgan fingerprint density at radius 2 is 2.13 bits per heavy atom. The van der Waals surface area contributed by atoms with E-state index in [4.69, 9.17) is 0 Å². The molecule has 3 unspecified atom stereocenters. The fraction of sp³-hybridized carbons (Fsp3) is 0.636. The number of hydrogen-bond acceptors (Lipinski definition) is 4. The van der Waals surface area contributed by atoms with Gasteiger partial charge in [-0.05, 0) is 24.8 Å². The van der Waals surface area contributed by atoms with Crippen molar-refractivity contribution in [2.45, 2.75) is 13.0 Å². The normalized spacial score (nSPS) is 34.5. The molecule has 0 radical (unpaired) electrons. The van der Waals surface area contributed by atoms with Crippen molar-refractivity contribution in [1.29, 1.82) is 0 Å². The van der Waals surface area contributed by atoms with E-state index in [2.05, 4.69) is 27.1 Å². The molecule has 2 fully saturated rings. The van der Waals surface area contributed by atoms with Crippen molar-refractivity contribution in [3.8, 4) is 0 Å². The van der Waals surface area contributed by atoms with E-state index in [1.165, 1.54) is 0 Å². The van der Waals surface area contributed by atoms with Crippen LogP contribution in [0.5, 0.6) is 0 Å². The quantitative estimate of drug-likeness (QED) is 0.724. The van der Waals surface area contributed by atoms with Gasteiger partial charge in [0.2, 0.25) is 5.95 Å². The molecule has 0 bridgehead atoms. The molecule has 3 rings (SSSR count). The summed E-state index contributed by atoms with van der Waals surface area (Å²) in [6, 6.07) is 2.43. The Morgan fingerprint density at radius 3 is 2.87 bits per heavy atom. The van der Waals surface area contributed by atoms with Gasteiger partial charge in [-0.3, -0.25) is 0 Å². The van der Waals surface area contributed by atoms with E-state index in [-0.39, 0.29) is 0 Å². The third-order valence-corrected chi connectivity index (χ3v) is 3.74. The maximum atomic E-state index is 4.33. The standard InChI is InChI=1S/C11H16N4/c1-8-10-6-12-5-9(10)7-15(8)11-13-3-2-4-14-11/h2-4,8-10,12H,5-7H2,1H3. The van der Waals surface area contributed by atoms with Crippen LogP contribution in [0.4, 0.5) is 5.95 Å². The van der Waals surface area contributed by atoms with E-state index in [0.717, 1.165) is 37.4 Å². The van der Waals surface area contributed by atoms with Crippen LogP contribution < -0.4 is 10.2 Å². The van der Waals surface area contributed by atoms with Gasteiger partial charge in [-0.2, -0.15) is 0 Å². The van der Waals surface area contributed by atoms with E-state index < -0.39 is 0 Å². The first-order valence-electron chi connectivity index (χ1n) is 5.60. The zero-order valence-electron chi connectivity index (χ0n) is 8.93. The van der Waals surface area contributed by atoms with Crippen LogP contribution in [0.25, 0.3) is 0 Å². The molecular formula is C11H16N4. The molecule has 0 amide bonds. The molecule has 0 saturated carbocycles. The Hall–Kier alpha value is -1.16. The summed E-state index contributed by atoms with van der Waals surface area (Å²) in [5, 5.41) is 3.46. The Morgan fingerprint density at radius 1 is 1.33 bits per heavy atom. The predicted octanol–water partition coefficient (Wildman–Crippen LogP) is 0.521. The molecule has 1 aromatic rings. The van der Waals surface area contributed by atoms with Gasteiger partial charge in [0.25, 0.3) is 0 Å². The smallest absolute Gasteiger partial charge is 0.225 e. The van der Waals surface area contributed by atoms with E-state index in [0.29, 0.717) is 6.04 Å². The minimum absolute atomic E-state index is 0.562. The highest BCUT2D eigenvalue weighted by atomic mass is 15.3. The lowest BCUT2D eigenvalue weighted by molar-refractivity contribution is 0.471. The van der Waals surface area contributed by atoms with Crippen molar-refractivity contribution in [1.82, 2.24) is 15.3 Å². The lowest BCUT2D eigenvalue weighted by atomic mass is 9.95. The summed E-state index contributed by atoms with van der Waals surface area (Å²) in [7, 11) is 0. The number of rotatable bonds is 1. The van der Waals surface area contributed by atoms with Crippen LogP contribution in [0.1, 0.15) is 6.92 Å². The van der Waals surface area contributed by atoms with Crippen molar-refractivity contribution in [3.05, 3.63) is 18.5 Å². The molecule has 0 spiro atoms. The van der Waals surface area contributed by atoms with Gasteiger partial charge in [0, 0.05) is 38.1 Å². The number of nitrogens with one attached hydrogen (secondary N) is 1. The first kappa shape index (κ1) is 9.09. The van der Waals surface area contributed by atoms with Crippen LogP contribution in [0.2, 0.25) is 0 Å². The number of nitrogens with zero attached hydrogens (tertiary/aromatic N) is 3. The molecule has 1 N–H and O–H groups in total. The van der Waals surface area contributed by atoms with E-state index >= 15 is 0 Å². The highest BCUT2D eigenvalue weighted by Crippen LogP contribution is 2.33. The Bertz CT molecular complexity index is 340. The molecule has 0 aliphatic carbocycles. The zero-order valence-corrected chi connectivity index (χ0v) is 8.93. The number of anilines is 1. The van der Waals surface area contributed by atoms with Gasteiger partial charge in [0.05, 0.1) is 0 Å². The van der Waals surface area contributed by atoms with Crippen molar-refractivity contribution in [2.24, 2.45) is 11.8 Å². The van der Waals surface area contributed by atoms with Crippen LogP contribution in [0.15, 0.2) is 18.5 Å². The second-order valence-corrected chi connectivity index (χ2v) is 4.52. The van der Waals surface area contributed by atoms with Gasteiger partial charge < -0.3 is 10.2 Å². The maximum absolute atomic E-state index is 4.33. The SMILES string of the molecule is CC1C2CNCC2CN1c1ncccn1. The highest BCUT2D eigenvalue weighted by molar-refractivity contribution is 5.34. The second kappa shape index (κ2) is 3.45. The fourth-order valence-corrected chi connectivity index (χ4v) is 2.87. The van der Waals surface area contributed by atoms with E-state index in [1.54, 1.807) is 0 Å². The summed E-state index contributed by atoms with van der Waals surface area (Å²) >= 11 is 0. The van der Waals surface area contributed by atoms with E-state index in [1.807, 2.05) is 18.5 Å². The summed E-state index contributed by atoms with van der Waals surface area (Å²) in [6.07, 6.45) is 3.64. The van der Waals surface area contributed by atoms with Gasteiger partial charge in [0.1, 0.15) is 0 Å². The molecule has 15 heavy (non-hydrogen) atoms. The Balaban J connectivity index is 1.85. The topological polar surface area (TPSA) is 41.0 Å². The molecule has 80 valence electrons. The summed E-state index contributed by atoms with van der Waals surface area (Å²) in [5.41, 5.74) is 0. The van der Waals surface area contributed by atoms with Gasteiger partial charge in [-0.25, -0.2) is 9.97 Å². The molecule has 2 aliphatic rings. The van der Waals surface area contributed by atoms with Gasteiger partial charge >= 0.3 is 0 Å². The fourth-order valence-electron chi connectivity index (χ4n) is 2.87. The summed E-state index contributed by atoms with van der Waals surface area (Å²) < 4.78 is 0. The van der Waals surface area contributed by atoms with Gasteiger partial charge in [0.15, 0.2) is 0 Å². The third-order valence-electron chi connectivity index (χ3n) is 3.74. The lowest BCUT2D eigenvalue weighted by Crippen LogP contribution is -2.34.